The Morgan fingerprint density at radius 2 is 1.67 bits per heavy atom. The monoisotopic (exact) mass is 375 g/mol. The summed E-state index contributed by atoms with van der Waals surface area (Å²) in [7, 11) is 0. The Kier molecular flexibility index (Phi) is 5.93. The third-order valence-corrected chi connectivity index (χ3v) is 6.16. The highest BCUT2D eigenvalue weighted by Gasteiger charge is 2.22. The molecule has 3 aromatic carbocycles. The Balaban J connectivity index is 1.40. The molecule has 1 saturated heterocycles. The van der Waals surface area contributed by atoms with Crippen LogP contribution in [0.15, 0.2) is 88.7 Å². The quantitative estimate of drug-likeness (QED) is 0.566. The van der Waals surface area contributed by atoms with Crippen molar-refractivity contribution in [3.05, 3.63) is 95.6 Å². The van der Waals surface area contributed by atoms with Crippen LogP contribution in [0.5, 0.6) is 0 Å². The second-order valence-corrected chi connectivity index (χ2v) is 8.13. The van der Waals surface area contributed by atoms with Crippen LogP contribution in [0.3, 0.4) is 0 Å². The van der Waals surface area contributed by atoms with E-state index in [1.54, 1.807) is 0 Å². The molecular weight excluding hydrogens is 350 g/mol. The molecule has 0 N–H and O–H groups in total. The van der Waals surface area contributed by atoms with E-state index in [4.69, 9.17) is 4.74 Å². The molecule has 2 nitrogen and oxygen atoms in total. The molecule has 3 aromatic rings. The highest BCUT2D eigenvalue weighted by Crippen LogP contribution is 2.32. The lowest BCUT2D eigenvalue weighted by Gasteiger charge is -2.33. The fourth-order valence-corrected chi connectivity index (χ4v) is 4.34. The van der Waals surface area contributed by atoms with Crippen LogP contribution in [-0.2, 0) is 11.3 Å². The van der Waals surface area contributed by atoms with Crippen molar-refractivity contribution in [1.29, 1.82) is 0 Å². The fourth-order valence-electron chi connectivity index (χ4n) is 3.44. The van der Waals surface area contributed by atoms with Crippen LogP contribution < -0.4 is 0 Å². The smallest absolute Gasteiger partial charge is 0.0952 e. The number of aryl methyl sites for hydroxylation is 1. The Hall–Kier alpha value is -2.07. The first-order valence-electron chi connectivity index (χ1n) is 9.49. The van der Waals surface area contributed by atoms with E-state index in [2.05, 4.69) is 90.7 Å². The molecule has 0 bridgehead atoms. The van der Waals surface area contributed by atoms with Crippen LogP contribution in [0.2, 0.25) is 0 Å². The summed E-state index contributed by atoms with van der Waals surface area (Å²) in [6.07, 6.45) is 0.153. The molecule has 0 spiro atoms. The van der Waals surface area contributed by atoms with Crippen LogP contribution in [0.4, 0.5) is 0 Å². The first-order chi connectivity index (χ1) is 13.3. The van der Waals surface area contributed by atoms with Gasteiger partial charge in [-0.05, 0) is 41.8 Å². The lowest BCUT2D eigenvalue weighted by atomic mass is 10.1. The predicted octanol–water partition coefficient (Wildman–Crippen LogP) is 5.72. The number of ether oxygens (including phenoxy) is 1. The molecule has 1 fully saturated rings. The fraction of sp³-hybridized carbons (Fsp3) is 0.250. The minimum absolute atomic E-state index is 0.153. The van der Waals surface area contributed by atoms with Gasteiger partial charge < -0.3 is 4.74 Å². The highest BCUT2D eigenvalue weighted by molar-refractivity contribution is 7.99. The first-order valence-corrected chi connectivity index (χ1v) is 10.3. The largest absolute Gasteiger partial charge is 0.371 e. The highest BCUT2D eigenvalue weighted by atomic mass is 32.2. The molecule has 1 aliphatic heterocycles. The van der Waals surface area contributed by atoms with E-state index >= 15 is 0 Å². The molecule has 0 saturated carbocycles. The van der Waals surface area contributed by atoms with Crippen molar-refractivity contribution >= 4 is 11.8 Å². The van der Waals surface area contributed by atoms with E-state index in [0.717, 1.165) is 26.2 Å². The van der Waals surface area contributed by atoms with Gasteiger partial charge >= 0.3 is 0 Å². The van der Waals surface area contributed by atoms with Gasteiger partial charge in [0.05, 0.1) is 12.7 Å². The normalized spacial score (nSPS) is 17.7. The third kappa shape index (κ3) is 4.81. The van der Waals surface area contributed by atoms with Crippen molar-refractivity contribution in [2.75, 3.05) is 19.7 Å². The van der Waals surface area contributed by atoms with Crippen molar-refractivity contribution in [2.45, 2.75) is 29.4 Å². The number of morpholine rings is 1. The van der Waals surface area contributed by atoms with Gasteiger partial charge in [0.1, 0.15) is 0 Å². The van der Waals surface area contributed by atoms with Crippen molar-refractivity contribution in [3.8, 4) is 0 Å². The number of benzene rings is 3. The summed E-state index contributed by atoms with van der Waals surface area (Å²) < 4.78 is 6.06. The maximum atomic E-state index is 6.06. The van der Waals surface area contributed by atoms with Gasteiger partial charge in [0.15, 0.2) is 0 Å². The van der Waals surface area contributed by atoms with Crippen LogP contribution >= 0.6 is 11.8 Å². The molecule has 0 aromatic heterocycles. The maximum Gasteiger partial charge on any atom is 0.0952 e. The summed E-state index contributed by atoms with van der Waals surface area (Å²) >= 11 is 1.82. The average molecular weight is 376 g/mol. The Morgan fingerprint density at radius 3 is 2.44 bits per heavy atom. The number of rotatable bonds is 5. The van der Waals surface area contributed by atoms with Crippen LogP contribution in [0.1, 0.15) is 22.8 Å². The van der Waals surface area contributed by atoms with E-state index in [9.17, 15) is 0 Å². The predicted molar refractivity (Wildman–Crippen MR) is 112 cm³/mol. The molecule has 1 heterocycles. The van der Waals surface area contributed by atoms with Crippen LogP contribution in [-0.4, -0.2) is 24.6 Å². The van der Waals surface area contributed by atoms with Gasteiger partial charge in [-0.1, -0.05) is 72.4 Å². The molecule has 27 heavy (non-hydrogen) atoms. The van der Waals surface area contributed by atoms with Crippen LogP contribution in [0.25, 0.3) is 0 Å². The van der Waals surface area contributed by atoms with Crippen molar-refractivity contribution in [2.24, 2.45) is 0 Å². The van der Waals surface area contributed by atoms with Crippen molar-refractivity contribution in [3.63, 3.8) is 0 Å². The number of hydrogen-bond acceptors (Lipinski definition) is 3. The Bertz CT molecular complexity index is 863. The molecule has 0 aliphatic carbocycles. The van der Waals surface area contributed by atoms with Crippen molar-refractivity contribution in [1.82, 2.24) is 4.90 Å². The minimum Gasteiger partial charge on any atom is -0.371 e. The molecule has 138 valence electrons. The van der Waals surface area contributed by atoms with E-state index in [0.29, 0.717) is 0 Å². The second kappa shape index (κ2) is 8.75. The van der Waals surface area contributed by atoms with Gasteiger partial charge in [0, 0.05) is 29.4 Å². The third-order valence-electron chi connectivity index (χ3n) is 4.97. The van der Waals surface area contributed by atoms with Gasteiger partial charge in [0.2, 0.25) is 0 Å². The summed E-state index contributed by atoms with van der Waals surface area (Å²) in [5.41, 5.74) is 3.95. The van der Waals surface area contributed by atoms with Gasteiger partial charge in [-0.2, -0.15) is 0 Å². The zero-order chi connectivity index (χ0) is 18.5. The lowest BCUT2D eigenvalue weighted by Crippen LogP contribution is -2.37. The van der Waals surface area contributed by atoms with Gasteiger partial charge in [0.25, 0.3) is 0 Å². The standard InChI is InChI=1S/C24H25NOS/c1-19-7-5-6-10-24(19)27-22-13-11-21(12-14-22)23-18-25(15-16-26-23)17-20-8-3-2-4-9-20/h2-14,23H,15-18H2,1H3. The van der Waals surface area contributed by atoms with E-state index < -0.39 is 0 Å². The van der Waals surface area contributed by atoms with Gasteiger partial charge in [-0.15, -0.1) is 0 Å². The average Bonchev–Trinajstić information content (AvgIpc) is 2.71. The van der Waals surface area contributed by atoms with Crippen LogP contribution in [0, 0.1) is 6.92 Å². The topological polar surface area (TPSA) is 12.5 Å². The first kappa shape index (κ1) is 18.3. The SMILES string of the molecule is Cc1ccccc1Sc1ccc(C2CN(Cc3ccccc3)CCO2)cc1. The molecule has 0 amide bonds. The zero-order valence-corrected chi connectivity index (χ0v) is 16.5. The maximum absolute atomic E-state index is 6.06. The Morgan fingerprint density at radius 1 is 0.926 bits per heavy atom. The Labute approximate surface area is 166 Å². The summed E-state index contributed by atoms with van der Waals surface area (Å²) in [5.74, 6) is 0. The molecule has 4 rings (SSSR count). The summed E-state index contributed by atoms with van der Waals surface area (Å²) in [6.45, 7) is 5.87. The number of hydrogen-bond donors (Lipinski definition) is 0. The summed E-state index contributed by atoms with van der Waals surface area (Å²) in [4.78, 5) is 5.07. The number of nitrogens with zero attached hydrogens (tertiary/aromatic N) is 1. The minimum atomic E-state index is 0.153. The molecule has 1 aliphatic rings. The summed E-state index contributed by atoms with van der Waals surface area (Å²) in [5, 5.41) is 0. The molecule has 1 unspecified atom stereocenters. The van der Waals surface area contributed by atoms with E-state index in [1.165, 1.54) is 26.5 Å². The van der Waals surface area contributed by atoms with Gasteiger partial charge in [-0.3, -0.25) is 4.90 Å². The van der Waals surface area contributed by atoms with Gasteiger partial charge in [-0.25, -0.2) is 0 Å². The molecular formula is C24H25NOS. The molecule has 3 heteroatoms. The lowest BCUT2D eigenvalue weighted by molar-refractivity contribution is -0.0329. The van der Waals surface area contributed by atoms with Crippen molar-refractivity contribution < 1.29 is 4.74 Å². The molecule has 0 radical (unpaired) electrons. The van der Waals surface area contributed by atoms with E-state index in [1.807, 2.05) is 11.8 Å². The second-order valence-electron chi connectivity index (χ2n) is 7.02. The molecule has 1 atom stereocenters. The summed E-state index contributed by atoms with van der Waals surface area (Å²) in [6, 6.07) is 28.1. The zero-order valence-electron chi connectivity index (χ0n) is 15.7. The van der Waals surface area contributed by atoms with E-state index in [-0.39, 0.29) is 6.10 Å².